The first-order chi connectivity index (χ1) is 11.0. The third-order valence-corrected chi connectivity index (χ3v) is 4.12. The summed E-state index contributed by atoms with van der Waals surface area (Å²) in [6.45, 7) is 2.83. The Morgan fingerprint density at radius 3 is 2.61 bits per heavy atom. The SMILES string of the molecule is CC1CC(C(=O)O)CN(C(=O)c2ccc(-c3ncn[nH]3)cc2)C1. The lowest BCUT2D eigenvalue weighted by Gasteiger charge is -2.34. The summed E-state index contributed by atoms with van der Waals surface area (Å²) in [5.74, 6) is -0.637. The van der Waals surface area contributed by atoms with Gasteiger partial charge in [0.05, 0.1) is 5.92 Å². The normalized spacial score (nSPS) is 21.2. The minimum Gasteiger partial charge on any atom is -0.481 e. The van der Waals surface area contributed by atoms with Gasteiger partial charge in [-0.1, -0.05) is 19.1 Å². The smallest absolute Gasteiger partial charge is 0.308 e. The number of carboxylic acid groups (broad SMARTS) is 1. The highest BCUT2D eigenvalue weighted by Gasteiger charge is 2.32. The van der Waals surface area contributed by atoms with Gasteiger partial charge < -0.3 is 10.0 Å². The van der Waals surface area contributed by atoms with Crippen LogP contribution in [0.5, 0.6) is 0 Å². The molecule has 0 saturated carbocycles. The van der Waals surface area contributed by atoms with Crippen molar-refractivity contribution in [1.82, 2.24) is 20.1 Å². The molecule has 2 heterocycles. The number of piperidine rings is 1. The van der Waals surface area contributed by atoms with Crippen LogP contribution in [0.4, 0.5) is 0 Å². The van der Waals surface area contributed by atoms with Crippen LogP contribution in [-0.2, 0) is 4.79 Å². The summed E-state index contributed by atoms with van der Waals surface area (Å²) in [6.07, 6.45) is 2.04. The van der Waals surface area contributed by atoms with Crippen molar-refractivity contribution >= 4 is 11.9 Å². The van der Waals surface area contributed by atoms with Crippen molar-refractivity contribution in [3.05, 3.63) is 36.2 Å². The molecule has 7 heteroatoms. The van der Waals surface area contributed by atoms with E-state index in [-0.39, 0.29) is 18.4 Å². The number of rotatable bonds is 3. The van der Waals surface area contributed by atoms with E-state index in [0.29, 0.717) is 24.4 Å². The van der Waals surface area contributed by atoms with Gasteiger partial charge in [-0.25, -0.2) is 4.98 Å². The highest BCUT2D eigenvalue weighted by molar-refractivity contribution is 5.95. The third kappa shape index (κ3) is 3.23. The number of amides is 1. The van der Waals surface area contributed by atoms with Crippen molar-refractivity contribution in [2.75, 3.05) is 13.1 Å². The van der Waals surface area contributed by atoms with Crippen LogP contribution in [0.1, 0.15) is 23.7 Å². The number of likely N-dealkylation sites (tertiary alicyclic amines) is 1. The van der Waals surface area contributed by atoms with Crippen LogP contribution in [0.15, 0.2) is 30.6 Å². The maximum Gasteiger partial charge on any atom is 0.308 e. The van der Waals surface area contributed by atoms with E-state index in [2.05, 4.69) is 15.2 Å². The highest BCUT2D eigenvalue weighted by atomic mass is 16.4. The Labute approximate surface area is 133 Å². The fraction of sp³-hybridized carbons (Fsp3) is 0.375. The molecule has 3 rings (SSSR count). The number of aromatic amines is 1. The van der Waals surface area contributed by atoms with Gasteiger partial charge >= 0.3 is 5.97 Å². The van der Waals surface area contributed by atoms with Crippen LogP contribution >= 0.6 is 0 Å². The molecule has 0 radical (unpaired) electrons. The van der Waals surface area contributed by atoms with Crippen molar-refractivity contribution in [1.29, 1.82) is 0 Å². The van der Waals surface area contributed by atoms with Gasteiger partial charge in [0.25, 0.3) is 5.91 Å². The zero-order valence-electron chi connectivity index (χ0n) is 12.8. The van der Waals surface area contributed by atoms with Gasteiger partial charge in [0, 0.05) is 24.2 Å². The van der Waals surface area contributed by atoms with Crippen molar-refractivity contribution in [3.63, 3.8) is 0 Å². The van der Waals surface area contributed by atoms with Gasteiger partial charge in [-0.2, -0.15) is 5.10 Å². The Morgan fingerprint density at radius 2 is 2.00 bits per heavy atom. The number of nitrogens with zero attached hydrogens (tertiary/aromatic N) is 3. The van der Waals surface area contributed by atoms with E-state index in [1.54, 1.807) is 29.2 Å². The summed E-state index contributed by atoms with van der Waals surface area (Å²) in [5.41, 5.74) is 1.39. The van der Waals surface area contributed by atoms with Crippen LogP contribution in [0.2, 0.25) is 0 Å². The number of aliphatic carboxylic acids is 1. The number of benzene rings is 1. The van der Waals surface area contributed by atoms with Gasteiger partial charge in [0.1, 0.15) is 6.33 Å². The molecule has 0 bridgehead atoms. The molecule has 23 heavy (non-hydrogen) atoms. The van der Waals surface area contributed by atoms with Crippen LogP contribution in [0.3, 0.4) is 0 Å². The first-order valence-electron chi connectivity index (χ1n) is 7.52. The average molecular weight is 314 g/mol. The molecular formula is C16H18N4O3. The zero-order chi connectivity index (χ0) is 16.4. The second kappa shape index (κ2) is 6.20. The minimum absolute atomic E-state index is 0.132. The van der Waals surface area contributed by atoms with Crippen molar-refractivity contribution in [2.45, 2.75) is 13.3 Å². The van der Waals surface area contributed by atoms with Crippen LogP contribution in [-0.4, -0.2) is 50.2 Å². The second-order valence-electron chi connectivity index (χ2n) is 6.00. The van der Waals surface area contributed by atoms with Crippen molar-refractivity contribution in [2.24, 2.45) is 11.8 Å². The predicted octanol–water partition coefficient (Wildman–Crippen LogP) is 1.65. The predicted molar refractivity (Wildman–Crippen MR) is 82.6 cm³/mol. The zero-order valence-corrected chi connectivity index (χ0v) is 12.8. The summed E-state index contributed by atoms with van der Waals surface area (Å²) in [4.78, 5) is 29.5. The van der Waals surface area contributed by atoms with Gasteiger partial charge in [-0.05, 0) is 24.5 Å². The number of aromatic nitrogens is 3. The van der Waals surface area contributed by atoms with E-state index in [9.17, 15) is 14.7 Å². The quantitative estimate of drug-likeness (QED) is 0.897. The number of hydrogen-bond acceptors (Lipinski definition) is 4. The maximum absolute atomic E-state index is 12.6. The third-order valence-electron chi connectivity index (χ3n) is 4.12. The monoisotopic (exact) mass is 314 g/mol. The Bertz CT molecular complexity index is 697. The molecule has 2 N–H and O–H groups in total. The molecule has 1 amide bonds. The van der Waals surface area contributed by atoms with E-state index in [1.807, 2.05) is 6.92 Å². The summed E-state index contributed by atoms with van der Waals surface area (Å²) >= 11 is 0. The average Bonchev–Trinajstić information content (AvgIpc) is 3.08. The first kappa shape index (κ1) is 15.2. The minimum atomic E-state index is -0.838. The number of carboxylic acids is 1. The lowest BCUT2D eigenvalue weighted by atomic mass is 9.90. The van der Waals surface area contributed by atoms with Crippen LogP contribution in [0.25, 0.3) is 11.4 Å². The Morgan fingerprint density at radius 1 is 1.26 bits per heavy atom. The molecule has 2 unspecified atom stereocenters. The first-order valence-corrected chi connectivity index (χ1v) is 7.52. The molecule has 1 aromatic heterocycles. The molecule has 2 aromatic rings. The summed E-state index contributed by atoms with van der Waals surface area (Å²) in [5, 5.41) is 15.8. The number of hydrogen-bond donors (Lipinski definition) is 2. The summed E-state index contributed by atoms with van der Waals surface area (Å²) < 4.78 is 0. The van der Waals surface area contributed by atoms with Gasteiger partial charge in [0.15, 0.2) is 5.82 Å². The van der Waals surface area contributed by atoms with E-state index in [4.69, 9.17) is 0 Å². The van der Waals surface area contributed by atoms with E-state index >= 15 is 0 Å². The van der Waals surface area contributed by atoms with Crippen molar-refractivity contribution < 1.29 is 14.7 Å². The molecule has 1 saturated heterocycles. The molecule has 7 nitrogen and oxygen atoms in total. The molecule has 0 spiro atoms. The molecule has 120 valence electrons. The maximum atomic E-state index is 12.6. The topological polar surface area (TPSA) is 99.2 Å². The summed E-state index contributed by atoms with van der Waals surface area (Å²) in [6, 6.07) is 7.07. The second-order valence-corrected chi connectivity index (χ2v) is 6.00. The van der Waals surface area contributed by atoms with E-state index in [0.717, 1.165) is 5.56 Å². The Kier molecular flexibility index (Phi) is 4.10. The van der Waals surface area contributed by atoms with E-state index < -0.39 is 11.9 Å². The van der Waals surface area contributed by atoms with Crippen molar-refractivity contribution in [3.8, 4) is 11.4 Å². The van der Waals surface area contributed by atoms with Gasteiger partial charge in [0.2, 0.25) is 0 Å². The molecule has 1 aromatic carbocycles. The largest absolute Gasteiger partial charge is 0.481 e. The molecular weight excluding hydrogens is 296 g/mol. The standard InChI is InChI=1S/C16H18N4O3/c1-10-6-13(16(22)23)8-20(7-10)15(21)12-4-2-11(3-5-12)14-17-9-18-19-14/h2-5,9-10,13H,6-8H2,1H3,(H,22,23)(H,17,18,19). The highest BCUT2D eigenvalue weighted by Crippen LogP contribution is 2.24. The molecule has 1 aliphatic rings. The summed E-state index contributed by atoms with van der Waals surface area (Å²) in [7, 11) is 0. The Balaban J connectivity index is 1.76. The number of H-pyrrole nitrogens is 1. The van der Waals surface area contributed by atoms with Gasteiger partial charge in [-0.3, -0.25) is 14.7 Å². The van der Waals surface area contributed by atoms with E-state index in [1.165, 1.54) is 6.33 Å². The fourth-order valence-electron chi connectivity index (χ4n) is 2.99. The lowest BCUT2D eigenvalue weighted by Crippen LogP contribution is -2.45. The molecule has 1 fully saturated rings. The number of nitrogens with one attached hydrogen (secondary N) is 1. The number of carbonyl (C=O) groups excluding carboxylic acids is 1. The lowest BCUT2D eigenvalue weighted by molar-refractivity contribution is -0.143. The Hall–Kier alpha value is -2.70. The van der Waals surface area contributed by atoms with Gasteiger partial charge in [-0.15, -0.1) is 0 Å². The van der Waals surface area contributed by atoms with Crippen LogP contribution in [0, 0.1) is 11.8 Å². The molecule has 2 atom stereocenters. The van der Waals surface area contributed by atoms with Crippen LogP contribution < -0.4 is 0 Å². The number of carbonyl (C=O) groups is 2. The molecule has 0 aliphatic carbocycles. The fourth-order valence-corrected chi connectivity index (χ4v) is 2.99. The molecule has 1 aliphatic heterocycles.